The van der Waals surface area contributed by atoms with E-state index in [4.69, 9.17) is 14.7 Å². The molecule has 0 radical (unpaired) electrons. The molecule has 5 rings (SSSR count). The zero-order valence-corrected chi connectivity index (χ0v) is 20.2. The van der Waals surface area contributed by atoms with Crippen molar-refractivity contribution >= 4 is 27.5 Å². The summed E-state index contributed by atoms with van der Waals surface area (Å²) in [7, 11) is 0. The monoisotopic (exact) mass is 511 g/mol. The lowest BCUT2D eigenvalue weighted by molar-refractivity contribution is -0.132. The standard InChI is InChI=1S/C28H22BrN3O2/c1-19(33)34-28-25(17-21-12-14-23(29)15-13-21)31-27-24(16-20-8-4-2-5-9-20)30-26(18-32(27)28)22-10-6-3-7-11-22/h2-15,18H,16-17H2,1H3. The lowest BCUT2D eigenvalue weighted by Crippen LogP contribution is -2.07. The SMILES string of the molecule is CC(=O)Oc1c(Cc2ccc(Br)cc2)nc2c(Cc3ccccc3)nc(-c3ccccc3)cn12. The maximum atomic E-state index is 12.0. The summed E-state index contributed by atoms with van der Waals surface area (Å²) in [5.41, 5.74) is 6.18. The van der Waals surface area contributed by atoms with Gasteiger partial charge in [-0.25, -0.2) is 9.97 Å². The number of halogens is 1. The Bertz CT molecular complexity index is 1450. The molecule has 0 aliphatic rings. The molecular weight excluding hydrogens is 490 g/mol. The summed E-state index contributed by atoms with van der Waals surface area (Å²) in [6.45, 7) is 1.41. The number of imidazole rings is 1. The molecule has 5 aromatic rings. The predicted molar refractivity (Wildman–Crippen MR) is 136 cm³/mol. The minimum Gasteiger partial charge on any atom is -0.407 e. The lowest BCUT2D eigenvalue weighted by atomic mass is 10.1. The van der Waals surface area contributed by atoms with Gasteiger partial charge in [-0.3, -0.25) is 9.20 Å². The van der Waals surface area contributed by atoms with Crippen LogP contribution in [0.3, 0.4) is 0 Å². The Labute approximate surface area is 206 Å². The van der Waals surface area contributed by atoms with Gasteiger partial charge in [-0.2, -0.15) is 0 Å². The summed E-state index contributed by atoms with van der Waals surface area (Å²) in [4.78, 5) is 22.0. The molecule has 168 valence electrons. The van der Waals surface area contributed by atoms with Crippen LogP contribution >= 0.6 is 15.9 Å². The van der Waals surface area contributed by atoms with Gasteiger partial charge in [0, 0.05) is 36.0 Å². The van der Waals surface area contributed by atoms with Gasteiger partial charge in [0.15, 0.2) is 5.65 Å². The normalized spacial score (nSPS) is 11.0. The number of carbonyl (C=O) groups is 1. The third-order valence-electron chi connectivity index (χ3n) is 5.51. The molecule has 0 aliphatic heterocycles. The maximum absolute atomic E-state index is 12.0. The highest BCUT2D eigenvalue weighted by Crippen LogP contribution is 2.29. The van der Waals surface area contributed by atoms with E-state index in [0.29, 0.717) is 30.1 Å². The molecular formula is C28H22BrN3O2. The molecule has 0 amide bonds. The number of aromatic nitrogens is 3. The third-order valence-corrected chi connectivity index (χ3v) is 6.04. The zero-order valence-electron chi connectivity index (χ0n) is 18.6. The second kappa shape index (κ2) is 9.61. The molecule has 0 saturated carbocycles. The molecule has 3 aromatic carbocycles. The van der Waals surface area contributed by atoms with Crippen molar-refractivity contribution in [2.24, 2.45) is 0 Å². The van der Waals surface area contributed by atoms with Crippen LogP contribution in [0.5, 0.6) is 5.88 Å². The second-order valence-corrected chi connectivity index (χ2v) is 8.97. The van der Waals surface area contributed by atoms with Gasteiger partial charge in [0.05, 0.1) is 11.4 Å². The summed E-state index contributed by atoms with van der Waals surface area (Å²) in [6.07, 6.45) is 3.04. The Kier molecular flexibility index (Phi) is 6.23. The summed E-state index contributed by atoms with van der Waals surface area (Å²) in [5.74, 6) is 0.0425. The molecule has 0 fully saturated rings. The van der Waals surface area contributed by atoms with Crippen LogP contribution in [0.4, 0.5) is 0 Å². The van der Waals surface area contributed by atoms with Crippen molar-refractivity contribution in [3.8, 4) is 17.1 Å². The number of esters is 1. The largest absolute Gasteiger partial charge is 0.407 e. The van der Waals surface area contributed by atoms with Crippen molar-refractivity contribution in [3.63, 3.8) is 0 Å². The first-order valence-electron chi connectivity index (χ1n) is 11.0. The fourth-order valence-corrected chi connectivity index (χ4v) is 4.21. The molecule has 0 N–H and O–H groups in total. The van der Waals surface area contributed by atoms with E-state index >= 15 is 0 Å². The molecule has 34 heavy (non-hydrogen) atoms. The van der Waals surface area contributed by atoms with Crippen molar-refractivity contribution in [1.82, 2.24) is 14.4 Å². The smallest absolute Gasteiger partial charge is 0.309 e. The van der Waals surface area contributed by atoms with E-state index < -0.39 is 0 Å². The van der Waals surface area contributed by atoms with Crippen LogP contribution in [0.1, 0.15) is 29.4 Å². The Morgan fingerprint density at radius 3 is 2.12 bits per heavy atom. The number of hydrogen-bond donors (Lipinski definition) is 0. The van der Waals surface area contributed by atoms with Gasteiger partial charge in [-0.15, -0.1) is 0 Å². The second-order valence-electron chi connectivity index (χ2n) is 8.06. The number of nitrogens with zero attached hydrogens (tertiary/aromatic N) is 3. The van der Waals surface area contributed by atoms with Crippen LogP contribution < -0.4 is 4.74 Å². The van der Waals surface area contributed by atoms with Crippen molar-refractivity contribution in [2.45, 2.75) is 19.8 Å². The van der Waals surface area contributed by atoms with Gasteiger partial charge in [0.1, 0.15) is 5.69 Å². The van der Waals surface area contributed by atoms with Crippen molar-refractivity contribution in [3.05, 3.63) is 118 Å². The van der Waals surface area contributed by atoms with Crippen molar-refractivity contribution in [2.75, 3.05) is 0 Å². The van der Waals surface area contributed by atoms with Gasteiger partial charge in [0.25, 0.3) is 0 Å². The third kappa shape index (κ3) is 4.77. The molecule has 0 spiro atoms. The van der Waals surface area contributed by atoms with Crippen LogP contribution in [-0.2, 0) is 17.6 Å². The van der Waals surface area contributed by atoms with E-state index in [0.717, 1.165) is 32.6 Å². The molecule has 2 aromatic heterocycles. The van der Waals surface area contributed by atoms with E-state index in [2.05, 4.69) is 28.1 Å². The number of benzene rings is 3. The number of rotatable bonds is 6. The first-order valence-corrected chi connectivity index (χ1v) is 11.8. The molecule has 6 heteroatoms. The average Bonchev–Trinajstić information content (AvgIpc) is 3.18. The molecule has 0 saturated heterocycles. The number of fused-ring (bicyclic) bond motifs is 1. The number of carbonyl (C=O) groups excluding carboxylic acids is 1. The predicted octanol–water partition coefficient (Wildman–Crippen LogP) is 6.27. The van der Waals surface area contributed by atoms with Gasteiger partial charge in [-0.05, 0) is 23.3 Å². The van der Waals surface area contributed by atoms with E-state index in [-0.39, 0.29) is 5.97 Å². The van der Waals surface area contributed by atoms with E-state index in [1.54, 1.807) is 0 Å². The summed E-state index contributed by atoms with van der Waals surface area (Å²) in [5, 5.41) is 0. The fourth-order valence-electron chi connectivity index (χ4n) is 3.95. The van der Waals surface area contributed by atoms with Crippen molar-refractivity contribution < 1.29 is 9.53 Å². The Balaban J connectivity index is 1.70. The minimum absolute atomic E-state index is 0.387. The van der Waals surface area contributed by atoms with Crippen LogP contribution in [0.25, 0.3) is 16.9 Å². The van der Waals surface area contributed by atoms with E-state index in [1.807, 2.05) is 83.4 Å². The highest BCUT2D eigenvalue weighted by Gasteiger charge is 2.21. The molecule has 0 unspecified atom stereocenters. The first kappa shape index (κ1) is 22.0. The fraction of sp³-hybridized carbons (Fsp3) is 0.107. The maximum Gasteiger partial charge on any atom is 0.309 e. The van der Waals surface area contributed by atoms with Gasteiger partial charge >= 0.3 is 5.97 Å². The number of ether oxygens (including phenoxy) is 1. The van der Waals surface area contributed by atoms with Crippen LogP contribution in [0.15, 0.2) is 95.6 Å². The Morgan fingerprint density at radius 2 is 1.44 bits per heavy atom. The summed E-state index contributed by atoms with van der Waals surface area (Å²) in [6, 6.07) is 28.2. The van der Waals surface area contributed by atoms with Crippen LogP contribution in [0.2, 0.25) is 0 Å². The Hall–Kier alpha value is -3.77. The quantitative estimate of drug-likeness (QED) is 0.252. The molecule has 0 atom stereocenters. The molecule has 0 aliphatic carbocycles. The lowest BCUT2D eigenvalue weighted by Gasteiger charge is -2.10. The van der Waals surface area contributed by atoms with Crippen molar-refractivity contribution in [1.29, 1.82) is 0 Å². The Morgan fingerprint density at radius 1 is 0.824 bits per heavy atom. The summed E-state index contributed by atoms with van der Waals surface area (Å²) < 4.78 is 8.59. The molecule has 0 bridgehead atoms. The molecule has 2 heterocycles. The van der Waals surface area contributed by atoms with Gasteiger partial charge < -0.3 is 4.74 Å². The summed E-state index contributed by atoms with van der Waals surface area (Å²) >= 11 is 3.48. The van der Waals surface area contributed by atoms with Crippen LogP contribution in [-0.4, -0.2) is 20.3 Å². The van der Waals surface area contributed by atoms with E-state index in [9.17, 15) is 4.79 Å². The topological polar surface area (TPSA) is 56.5 Å². The zero-order chi connectivity index (χ0) is 23.5. The highest BCUT2D eigenvalue weighted by atomic mass is 79.9. The van der Waals surface area contributed by atoms with Gasteiger partial charge in [-0.1, -0.05) is 88.7 Å². The van der Waals surface area contributed by atoms with E-state index in [1.165, 1.54) is 6.92 Å². The first-order chi connectivity index (χ1) is 16.6. The van der Waals surface area contributed by atoms with Gasteiger partial charge in [0.2, 0.25) is 5.88 Å². The average molecular weight is 512 g/mol. The number of hydrogen-bond acceptors (Lipinski definition) is 4. The molecule has 5 nitrogen and oxygen atoms in total. The highest BCUT2D eigenvalue weighted by molar-refractivity contribution is 9.10. The van der Waals surface area contributed by atoms with Crippen LogP contribution in [0, 0.1) is 0 Å². The minimum atomic E-state index is -0.387.